The van der Waals surface area contributed by atoms with E-state index < -0.39 is 23.7 Å². The third-order valence-corrected chi connectivity index (χ3v) is 10.4. The normalized spacial score (nSPS) is 25.0. The predicted molar refractivity (Wildman–Crippen MR) is 168 cm³/mol. The second kappa shape index (κ2) is 11.7. The molecule has 238 valence electrons. The van der Waals surface area contributed by atoms with Gasteiger partial charge < -0.3 is 19.4 Å². The van der Waals surface area contributed by atoms with Crippen LogP contribution in [0.3, 0.4) is 0 Å². The summed E-state index contributed by atoms with van der Waals surface area (Å²) in [4.78, 5) is 29.9. The van der Waals surface area contributed by atoms with Gasteiger partial charge in [-0.15, -0.1) is 0 Å². The molecule has 5 heterocycles. The molecular formula is C33H36ClF3N6O2. The van der Waals surface area contributed by atoms with Gasteiger partial charge in [0.15, 0.2) is 5.83 Å². The van der Waals surface area contributed by atoms with Crippen LogP contribution in [-0.4, -0.2) is 89.3 Å². The van der Waals surface area contributed by atoms with E-state index in [1.165, 1.54) is 11.0 Å². The van der Waals surface area contributed by atoms with E-state index in [0.29, 0.717) is 76.7 Å². The van der Waals surface area contributed by atoms with Crippen LogP contribution in [-0.2, 0) is 17.8 Å². The van der Waals surface area contributed by atoms with Crippen LogP contribution in [0.25, 0.3) is 10.8 Å². The second-order valence-electron chi connectivity index (χ2n) is 12.7. The lowest BCUT2D eigenvalue weighted by molar-refractivity contribution is -0.128. The molecule has 0 radical (unpaired) electrons. The lowest BCUT2D eigenvalue weighted by Crippen LogP contribution is -2.49. The van der Waals surface area contributed by atoms with Crippen LogP contribution >= 0.6 is 11.6 Å². The molecule has 3 aromatic rings. The maximum Gasteiger partial charge on any atom is 0.318 e. The molecule has 3 atom stereocenters. The van der Waals surface area contributed by atoms with Crippen molar-refractivity contribution in [3.63, 3.8) is 0 Å². The Morgan fingerprint density at radius 1 is 1.13 bits per heavy atom. The first-order valence-corrected chi connectivity index (χ1v) is 15.9. The lowest BCUT2D eigenvalue weighted by Gasteiger charge is -2.38. The van der Waals surface area contributed by atoms with Gasteiger partial charge in [-0.2, -0.15) is 9.97 Å². The number of fused-ring (bicyclic) bond motifs is 3. The number of ether oxygens (including phenoxy) is 1. The number of carbonyl (C=O) groups excluding carboxylic acids is 1. The second-order valence-corrected chi connectivity index (χ2v) is 13.1. The van der Waals surface area contributed by atoms with E-state index in [1.807, 2.05) is 18.2 Å². The van der Waals surface area contributed by atoms with E-state index in [0.717, 1.165) is 41.0 Å². The van der Waals surface area contributed by atoms with Crippen LogP contribution in [0.5, 0.6) is 6.01 Å². The minimum atomic E-state index is -0.968. The molecule has 3 saturated heterocycles. The van der Waals surface area contributed by atoms with Crippen LogP contribution in [0.15, 0.2) is 42.7 Å². The molecule has 0 spiro atoms. The first kappa shape index (κ1) is 30.1. The van der Waals surface area contributed by atoms with Gasteiger partial charge >= 0.3 is 6.01 Å². The highest BCUT2D eigenvalue weighted by Crippen LogP contribution is 2.44. The van der Waals surface area contributed by atoms with E-state index in [9.17, 15) is 18.0 Å². The number of halogens is 4. The van der Waals surface area contributed by atoms with Gasteiger partial charge in [0.2, 0.25) is 0 Å². The fourth-order valence-electron chi connectivity index (χ4n) is 7.71. The summed E-state index contributed by atoms with van der Waals surface area (Å²) < 4.78 is 49.1. The Balaban J connectivity index is 1.21. The van der Waals surface area contributed by atoms with E-state index in [1.54, 1.807) is 6.07 Å². The SMILES string of the molecule is C=C(F)C(=O)N1CCN(c2nc(OCC34CCC(C)N3CC(F)C4)nc3c2CCN(c2cccc4ccc(F)c(Cl)c24)C3)CC1. The summed E-state index contributed by atoms with van der Waals surface area (Å²) in [6.07, 6.45) is 2.00. The lowest BCUT2D eigenvalue weighted by atomic mass is 9.95. The molecule has 3 fully saturated rings. The van der Waals surface area contributed by atoms with Crippen LogP contribution < -0.4 is 14.5 Å². The van der Waals surface area contributed by atoms with Crippen molar-refractivity contribution >= 4 is 39.8 Å². The highest BCUT2D eigenvalue weighted by atomic mass is 35.5. The topological polar surface area (TPSA) is 65.0 Å². The third kappa shape index (κ3) is 5.37. The number of rotatable bonds is 6. The number of anilines is 2. The van der Waals surface area contributed by atoms with Crippen molar-refractivity contribution in [2.45, 2.75) is 56.9 Å². The van der Waals surface area contributed by atoms with E-state index in [4.69, 9.17) is 26.3 Å². The van der Waals surface area contributed by atoms with Crippen molar-refractivity contribution in [3.8, 4) is 6.01 Å². The van der Waals surface area contributed by atoms with Gasteiger partial charge in [-0.25, -0.2) is 13.2 Å². The van der Waals surface area contributed by atoms with Gasteiger partial charge in [-0.3, -0.25) is 9.69 Å². The highest BCUT2D eigenvalue weighted by Gasteiger charge is 2.52. The zero-order valence-electron chi connectivity index (χ0n) is 25.2. The predicted octanol–water partition coefficient (Wildman–Crippen LogP) is 5.46. The van der Waals surface area contributed by atoms with Crippen molar-refractivity contribution < 1.29 is 22.7 Å². The molecule has 0 saturated carbocycles. The quantitative estimate of drug-likeness (QED) is 0.332. The molecule has 3 unspecified atom stereocenters. The number of hydrogen-bond acceptors (Lipinski definition) is 7. The fraction of sp³-hybridized carbons (Fsp3) is 0.485. The Hall–Kier alpha value is -3.57. The summed E-state index contributed by atoms with van der Waals surface area (Å²) in [7, 11) is 0. The Bertz CT molecular complexity index is 1670. The largest absolute Gasteiger partial charge is 0.461 e. The molecule has 12 heteroatoms. The number of carbonyl (C=O) groups is 1. The molecule has 8 nitrogen and oxygen atoms in total. The molecule has 7 rings (SSSR count). The van der Waals surface area contributed by atoms with Gasteiger partial charge in [0.05, 0.1) is 22.8 Å². The molecule has 45 heavy (non-hydrogen) atoms. The molecule has 4 aliphatic rings. The summed E-state index contributed by atoms with van der Waals surface area (Å²) in [5, 5.41) is 1.58. The van der Waals surface area contributed by atoms with E-state index in [-0.39, 0.29) is 16.6 Å². The molecule has 1 amide bonds. The number of alkyl halides is 1. The molecule has 0 bridgehead atoms. The first-order valence-electron chi connectivity index (χ1n) is 15.6. The van der Waals surface area contributed by atoms with Crippen molar-refractivity contribution in [2.24, 2.45) is 0 Å². The summed E-state index contributed by atoms with van der Waals surface area (Å²) in [6, 6.07) is 9.40. The van der Waals surface area contributed by atoms with Crippen LogP contribution in [0.1, 0.15) is 37.4 Å². The number of benzene rings is 2. The van der Waals surface area contributed by atoms with Crippen molar-refractivity contribution in [1.82, 2.24) is 19.8 Å². The number of hydrogen-bond donors (Lipinski definition) is 0. The summed E-state index contributed by atoms with van der Waals surface area (Å²) in [5.74, 6) is -1.40. The van der Waals surface area contributed by atoms with Crippen LogP contribution in [0, 0.1) is 5.82 Å². The Morgan fingerprint density at radius 3 is 2.71 bits per heavy atom. The van der Waals surface area contributed by atoms with Crippen LogP contribution in [0.4, 0.5) is 24.7 Å². The Morgan fingerprint density at radius 2 is 1.93 bits per heavy atom. The van der Waals surface area contributed by atoms with Gasteiger partial charge in [-0.05, 0) is 43.7 Å². The zero-order chi connectivity index (χ0) is 31.5. The molecular weight excluding hydrogens is 605 g/mol. The van der Waals surface area contributed by atoms with Gasteiger partial charge in [0.25, 0.3) is 5.91 Å². The molecule has 0 N–H and O–H groups in total. The number of aromatic nitrogens is 2. The smallest absolute Gasteiger partial charge is 0.318 e. The Labute approximate surface area is 265 Å². The standard InChI is InChI=1S/C33H36ClF3N6O2/c1-20-8-10-33(16-23(36)17-43(20)33)19-45-32-38-26-18-42(27-5-3-4-22-6-7-25(37)29(34)28(22)27)11-9-24(26)30(39-32)40-12-14-41(15-13-40)31(44)21(2)35/h3-7,20,23H,2,8-19H2,1H3. The summed E-state index contributed by atoms with van der Waals surface area (Å²) in [5.41, 5.74) is 2.20. The number of nitrogens with zero attached hydrogens (tertiary/aromatic N) is 6. The first-order chi connectivity index (χ1) is 21.6. The van der Waals surface area contributed by atoms with E-state index in [2.05, 4.69) is 28.2 Å². The average molecular weight is 641 g/mol. The van der Waals surface area contributed by atoms with Gasteiger partial charge in [0.1, 0.15) is 24.4 Å². The highest BCUT2D eigenvalue weighted by molar-refractivity contribution is 6.36. The molecule has 1 aromatic heterocycles. The van der Waals surface area contributed by atoms with Gasteiger partial charge in [0, 0.05) is 68.4 Å². The van der Waals surface area contributed by atoms with Gasteiger partial charge in [-0.1, -0.05) is 36.4 Å². The van der Waals surface area contributed by atoms with Crippen molar-refractivity contribution in [1.29, 1.82) is 0 Å². The monoisotopic (exact) mass is 640 g/mol. The van der Waals surface area contributed by atoms with Crippen molar-refractivity contribution in [3.05, 3.63) is 64.8 Å². The third-order valence-electron chi connectivity index (χ3n) is 10.0. The minimum absolute atomic E-state index is 0.0852. The van der Waals surface area contributed by atoms with E-state index >= 15 is 0 Å². The molecule has 0 aliphatic carbocycles. The fourth-order valence-corrected chi connectivity index (χ4v) is 7.98. The van der Waals surface area contributed by atoms with Crippen LogP contribution in [0.2, 0.25) is 5.02 Å². The number of piperazine rings is 1. The molecule has 4 aliphatic heterocycles. The maximum absolute atomic E-state index is 14.6. The summed E-state index contributed by atoms with van der Waals surface area (Å²) >= 11 is 6.48. The van der Waals surface area contributed by atoms with Crippen molar-refractivity contribution in [2.75, 3.05) is 55.7 Å². The molecule has 2 aromatic carbocycles. The maximum atomic E-state index is 14.6. The average Bonchev–Trinajstić information content (AvgIpc) is 3.54. The summed E-state index contributed by atoms with van der Waals surface area (Å²) in [6.45, 7) is 8.63. The minimum Gasteiger partial charge on any atom is -0.461 e. The zero-order valence-corrected chi connectivity index (χ0v) is 26.0. The number of amides is 1. The Kier molecular flexibility index (Phi) is 7.80.